The minimum absolute atomic E-state index is 0.420. The van der Waals surface area contributed by atoms with Gasteiger partial charge in [0, 0.05) is 25.7 Å². The maximum atomic E-state index is 5.53. The zero-order valence-electron chi connectivity index (χ0n) is 12.0. The third kappa shape index (κ3) is 4.03. The lowest BCUT2D eigenvalue weighted by Gasteiger charge is -2.24. The Kier molecular flexibility index (Phi) is 5.83. The molecule has 1 heterocycles. The Morgan fingerprint density at radius 2 is 2.16 bits per heavy atom. The summed E-state index contributed by atoms with van der Waals surface area (Å²) < 4.78 is 10.6. The van der Waals surface area contributed by atoms with Gasteiger partial charge >= 0.3 is 0 Å². The van der Waals surface area contributed by atoms with Gasteiger partial charge in [-0.2, -0.15) is 0 Å². The number of nitrogens with one attached hydrogen (secondary N) is 1. The number of rotatable bonds is 7. The van der Waals surface area contributed by atoms with E-state index in [1.165, 1.54) is 11.1 Å². The van der Waals surface area contributed by atoms with E-state index in [4.69, 9.17) is 9.47 Å². The third-order valence-electron chi connectivity index (χ3n) is 3.79. The molecular formula is C16H25NO2. The van der Waals surface area contributed by atoms with Crippen LogP contribution >= 0.6 is 0 Å². The Hall–Kier alpha value is -0.900. The fraction of sp³-hybridized carbons (Fsp3) is 0.625. The molecule has 0 saturated carbocycles. The van der Waals surface area contributed by atoms with Crippen molar-refractivity contribution >= 4 is 0 Å². The molecule has 3 heteroatoms. The number of hydrogen-bond donors (Lipinski definition) is 1. The van der Waals surface area contributed by atoms with Crippen LogP contribution in [0.25, 0.3) is 0 Å². The standard InChI is InChI=1S/C16H25NO2/c1-3-17-16(15-9-11-19-12-15)14-6-4-13(5-7-14)8-10-18-2/h4-7,15-17H,3,8-12H2,1-2H3. The van der Waals surface area contributed by atoms with Crippen LogP contribution in [0.15, 0.2) is 24.3 Å². The van der Waals surface area contributed by atoms with Gasteiger partial charge in [0.25, 0.3) is 0 Å². The van der Waals surface area contributed by atoms with Gasteiger partial charge < -0.3 is 14.8 Å². The summed E-state index contributed by atoms with van der Waals surface area (Å²) >= 11 is 0. The lowest BCUT2D eigenvalue weighted by atomic mass is 9.91. The Labute approximate surface area is 116 Å². The minimum atomic E-state index is 0.420. The molecule has 1 aromatic rings. The van der Waals surface area contributed by atoms with Crippen LogP contribution in [0, 0.1) is 5.92 Å². The molecule has 1 aromatic carbocycles. The summed E-state index contributed by atoms with van der Waals surface area (Å²) in [5.74, 6) is 0.602. The van der Waals surface area contributed by atoms with Gasteiger partial charge in [-0.1, -0.05) is 31.2 Å². The SMILES string of the molecule is CCNC(c1ccc(CCOC)cc1)C1CCOC1. The number of hydrogen-bond acceptors (Lipinski definition) is 3. The van der Waals surface area contributed by atoms with Crippen molar-refractivity contribution in [3.05, 3.63) is 35.4 Å². The predicted molar refractivity (Wildman–Crippen MR) is 77.4 cm³/mol. The highest BCUT2D eigenvalue weighted by Crippen LogP contribution is 2.28. The largest absolute Gasteiger partial charge is 0.384 e. The summed E-state index contributed by atoms with van der Waals surface area (Å²) in [6.45, 7) is 5.72. The molecule has 19 heavy (non-hydrogen) atoms. The van der Waals surface area contributed by atoms with Gasteiger partial charge in [0.15, 0.2) is 0 Å². The average molecular weight is 263 g/mol. The summed E-state index contributed by atoms with van der Waals surface area (Å²) in [5.41, 5.74) is 2.71. The van der Waals surface area contributed by atoms with Crippen LogP contribution in [0.1, 0.15) is 30.5 Å². The molecule has 1 fully saturated rings. The molecule has 3 nitrogen and oxygen atoms in total. The van der Waals surface area contributed by atoms with Crippen molar-refractivity contribution in [1.29, 1.82) is 0 Å². The molecule has 0 spiro atoms. The molecule has 0 radical (unpaired) electrons. The van der Waals surface area contributed by atoms with E-state index in [-0.39, 0.29) is 0 Å². The average Bonchev–Trinajstić information content (AvgIpc) is 2.97. The van der Waals surface area contributed by atoms with Crippen LogP contribution < -0.4 is 5.32 Å². The Bertz CT molecular complexity index is 358. The molecule has 1 saturated heterocycles. The van der Waals surface area contributed by atoms with Gasteiger partial charge in [-0.05, 0) is 30.5 Å². The molecule has 0 bridgehead atoms. The van der Waals surface area contributed by atoms with Crippen LogP contribution in [0.2, 0.25) is 0 Å². The third-order valence-corrected chi connectivity index (χ3v) is 3.79. The van der Waals surface area contributed by atoms with Gasteiger partial charge in [-0.3, -0.25) is 0 Å². The Morgan fingerprint density at radius 1 is 1.37 bits per heavy atom. The van der Waals surface area contributed by atoms with E-state index in [1.807, 2.05) is 0 Å². The second-order valence-electron chi connectivity index (χ2n) is 5.14. The van der Waals surface area contributed by atoms with E-state index in [0.717, 1.165) is 39.2 Å². The van der Waals surface area contributed by atoms with Crippen LogP contribution in [0.4, 0.5) is 0 Å². The predicted octanol–water partition coefficient (Wildman–Crippen LogP) is 2.56. The fourth-order valence-corrected chi connectivity index (χ4v) is 2.70. The van der Waals surface area contributed by atoms with Crippen LogP contribution in [0.3, 0.4) is 0 Å². The first kappa shape index (κ1) is 14.5. The van der Waals surface area contributed by atoms with Crippen molar-refractivity contribution in [2.75, 3.05) is 33.5 Å². The molecule has 2 atom stereocenters. The molecule has 1 aliphatic heterocycles. The molecule has 2 unspecified atom stereocenters. The molecule has 106 valence electrons. The van der Waals surface area contributed by atoms with E-state index in [0.29, 0.717) is 12.0 Å². The van der Waals surface area contributed by atoms with Crippen LogP contribution in [-0.4, -0.2) is 33.5 Å². The second-order valence-corrected chi connectivity index (χ2v) is 5.14. The van der Waals surface area contributed by atoms with E-state index < -0.39 is 0 Å². The minimum Gasteiger partial charge on any atom is -0.384 e. The van der Waals surface area contributed by atoms with E-state index in [9.17, 15) is 0 Å². The first-order chi connectivity index (χ1) is 9.35. The van der Waals surface area contributed by atoms with E-state index >= 15 is 0 Å². The molecule has 0 amide bonds. The molecule has 2 rings (SSSR count). The maximum Gasteiger partial charge on any atom is 0.0513 e. The monoisotopic (exact) mass is 263 g/mol. The van der Waals surface area contributed by atoms with Gasteiger partial charge in [0.05, 0.1) is 13.2 Å². The lowest BCUT2D eigenvalue weighted by Crippen LogP contribution is -2.28. The lowest BCUT2D eigenvalue weighted by molar-refractivity contribution is 0.177. The summed E-state index contributed by atoms with van der Waals surface area (Å²) in [6, 6.07) is 9.35. The van der Waals surface area contributed by atoms with Gasteiger partial charge in [-0.25, -0.2) is 0 Å². The highest BCUT2D eigenvalue weighted by molar-refractivity contribution is 5.26. The Balaban J connectivity index is 2.03. The maximum absolute atomic E-state index is 5.53. The zero-order valence-corrected chi connectivity index (χ0v) is 12.0. The number of methoxy groups -OCH3 is 1. The van der Waals surface area contributed by atoms with Crippen molar-refractivity contribution in [2.24, 2.45) is 5.92 Å². The molecular weight excluding hydrogens is 238 g/mol. The smallest absolute Gasteiger partial charge is 0.0513 e. The molecule has 1 aliphatic rings. The number of benzene rings is 1. The van der Waals surface area contributed by atoms with Gasteiger partial charge in [0.2, 0.25) is 0 Å². The van der Waals surface area contributed by atoms with Gasteiger partial charge in [-0.15, -0.1) is 0 Å². The Morgan fingerprint density at radius 3 is 2.74 bits per heavy atom. The van der Waals surface area contributed by atoms with E-state index in [2.05, 4.69) is 36.5 Å². The molecule has 1 N–H and O–H groups in total. The summed E-state index contributed by atoms with van der Waals surface area (Å²) in [7, 11) is 1.75. The van der Waals surface area contributed by atoms with Crippen LogP contribution in [-0.2, 0) is 15.9 Å². The first-order valence-electron chi connectivity index (χ1n) is 7.24. The zero-order chi connectivity index (χ0) is 13.5. The molecule has 0 aromatic heterocycles. The highest BCUT2D eigenvalue weighted by Gasteiger charge is 2.26. The number of ether oxygens (including phenoxy) is 2. The second kappa shape index (κ2) is 7.63. The van der Waals surface area contributed by atoms with E-state index in [1.54, 1.807) is 7.11 Å². The van der Waals surface area contributed by atoms with Crippen molar-refractivity contribution in [3.8, 4) is 0 Å². The summed E-state index contributed by atoms with van der Waals surface area (Å²) in [5, 5.41) is 3.60. The van der Waals surface area contributed by atoms with Gasteiger partial charge in [0.1, 0.15) is 0 Å². The van der Waals surface area contributed by atoms with Crippen LogP contribution in [0.5, 0.6) is 0 Å². The van der Waals surface area contributed by atoms with Crippen molar-refractivity contribution in [2.45, 2.75) is 25.8 Å². The molecule has 0 aliphatic carbocycles. The highest BCUT2D eigenvalue weighted by atomic mass is 16.5. The van der Waals surface area contributed by atoms with Crippen molar-refractivity contribution < 1.29 is 9.47 Å². The normalized spacial score (nSPS) is 20.6. The van der Waals surface area contributed by atoms with Crippen molar-refractivity contribution in [1.82, 2.24) is 5.32 Å². The summed E-state index contributed by atoms with van der Waals surface area (Å²) in [4.78, 5) is 0. The quantitative estimate of drug-likeness (QED) is 0.820. The fourth-order valence-electron chi connectivity index (χ4n) is 2.70. The van der Waals surface area contributed by atoms with Crippen molar-refractivity contribution in [3.63, 3.8) is 0 Å². The topological polar surface area (TPSA) is 30.5 Å². The first-order valence-corrected chi connectivity index (χ1v) is 7.24. The summed E-state index contributed by atoms with van der Waals surface area (Å²) in [6.07, 6.45) is 2.14.